The molecule has 156 valence electrons. The number of aliphatic imine (C=N–C) groups is 1. The average molecular weight is 493 g/mol. The Balaban J connectivity index is 0.00000676. The van der Waals surface area contributed by atoms with Crippen LogP contribution in [0.5, 0.6) is 17.2 Å². The van der Waals surface area contributed by atoms with Crippen molar-refractivity contribution in [1.29, 1.82) is 0 Å². The van der Waals surface area contributed by atoms with Crippen LogP contribution in [-0.4, -0.2) is 39.9 Å². The quantitative estimate of drug-likeness (QED) is 0.208. The smallest absolute Gasteiger partial charge is 0.203 e. The van der Waals surface area contributed by atoms with Crippen LogP contribution in [0.2, 0.25) is 0 Å². The number of hydrogen-bond donors (Lipinski definition) is 2. The van der Waals surface area contributed by atoms with Gasteiger partial charge in [-0.3, -0.25) is 0 Å². The number of guanidine groups is 1. The van der Waals surface area contributed by atoms with E-state index in [1.165, 1.54) is 19.3 Å². The van der Waals surface area contributed by atoms with E-state index in [2.05, 4.69) is 31.4 Å². The van der Waals surface area contributed by atoms with E-state index in [1.54, 1.807) is 21.3 Å². The SMILES string of the molecule is CCCCCC(C)NC(=NCc1cc(OC)c(OC)c(OC)c1)NCC.I. The van der Waals surface area contributed by atoms with E-state index in [4.69, 9.17) is 19.2 Å². The molecule has 0 aliphatic rings. The minimum atomic E-state index is 0. The van der Waals surface area contributed by atoms with E-state index in [-0.39, 0.29) is 24.0 Å². The van der Waals surface area contributed by atoms with Crippen LogP contribution in [0.15, 0.2) is 17.1 Å². The summed E-state index contributed by atoms with van der Waals surface area (Å²) in [5.41, 5.74) is 0.996. The van der Waals surface area contributed by atoms with Gasteiger partial charge in [-0.05, 0) is 38.0 Å². The maximum atomic E-state index is 5.41. The van der Waals surface area contributed by atoms with Crippen molar-refractivity contribution < 1.29 is 14.2 Å². The second-order valence-corrected chi connectivity index (χ2v) is 6.27. The van der Waals surface area contributed by atoms with Crippen LogP contribution in [0, 0.1) is 0 Å². The highest BCUT2D eigenvalue weighted by molar-refractivity contribution is 14.0. The van der Waals surface area contributed by atoms with Crippen molar-refractivity contribution >= 4 is 29.9 Å². The topological polar surface area (TPSA) is 64.1 Å². The number of nitrogens with zero attached hydrogens (tertiary/aromatic N) is 1. The number of halogens is 1. The van der Waals surface area contributed by atoms with Crippen molar-refractivity contribution in [2.75, 3.05) is 27.9 Å². The first-order valence-electron chi connectivity index (χ1n) is 9.43. The van der Waals surface area contributed by atoms with Crippen molar-refractivity contribution in [1.82, 2.24) is 10.6 Å². The highest BCUT2D eigenvalue weighted by Gasteiger charge is 2.13. The Morgan fingerprint density at radius 3 is 2.15 bits per heavy atom. The number of hydrogen-bond acceptors (Lipinski definition) is 4. The van der Waals surface area contributed by atoms with Crippen LogP contribution in [-0.2, 0) is 6.54 Å². The summed E-state index contributed by atoms with van der Waals surface area (Å²) < 4.78 is 16.2. The molecule has 0 fully saturated rings. The van der Waals surface area contributed by atoms with Crippen molar-refractivity contribution in [2.24, 2.45) is 4.99 Å². The van der Waals surface area contributed by atoms with Gasteiger partial charge in [0, 0.05) is 12.6 Å². The van der Waals surface area contributed by atoms with E-state index >= 15 is 0 Å². The highest BCUT2D eigenvalue weighted by Crippen LogP contribution is 2.38. The molecule has 1 aromatic rings. The lowest BCUT2D eigenvalue weighted by atomic mass is 10.1. The van der Waals surface area contributed by atoms with Gasteiger partial charge < -0.3 is 24.8 Å². The molecule has 27 heavy (non-hydrogen) atoms. The van der Waals surface area contributed by atoms with Gasteiger partial charge in [0.2, 0.25) is 5.75 Å². The highest BCUT2D eigenvalue weighted by atomic mass is 127. The lowest BCUT2D eigenvalue weighted by Gasteiger charge is -2.18. The fourth-order valence-corrected chi connectivity index (χ4v) is 2.72. The third-order valence-electron chi connectivity index (χ3n) is 4.11. The summed E-state index contributed by atoms with van der Waals surface area (Å²) >= 11 is 0. The monoisotopic (exact) mass is 493 g/mol. The summed E-state index contributed by atoms with van der Waals surface area (Å²) in [5.74, 6) is 2.70. The Bertz CT molecular complexity index is 542. The molecule has 1 aromatic carbocycles. The van der Waals surface area contributed by atoms with Crippen LogP contribution in [0.3, 0.4) is 0 Å². The Hall–Kier alpha value is -1.38. The van der Waals surface area contributed by atoms with E-state index in [9.17, 15) is 0 Å². The Morgan fingerprint density at radius 2 is 1.67 bits per heavy atom. The second kappa shape index (κ2) is 14.6. The van der Waals surface area contributed by atoms with E-state index in [1.807, 2.05) is 12.1 Å². The Kier molecular flexibility index (Phi) is 13.9. The summed E-state index contributed by atoms with van der Waals surface area (Å²) in [6, 6.07) is 4.25. The number of rotatable bonds is 11. The summed E-state index contributed by atoms with van der Waals surface area (Å²) in [4.78, 5) is 4.70. The molecule has 0 spiro atoms. The van der Waals surface area contributed by atoms with Gasteiger partial charge in [0.1, 0.15) is 0 Å². The van der Waals surface area contributed by atoms with Crippen molar-refractivity contribution in [3.63, 3.8) is 0 Å². The molecule has 0 radical (unpaired) electrons. The van der Waals surface area contributed by atoms with Gasteiger partial charge in [-0.1, -0.05) is 26.2 Å². The first-order valence-corrected chi connectivity index (χ1v) is 9.43. The van der Waals surface area contributed by atoms with Gasteiger partial charge in [0.25, 0.3) is 0 Å². The number of methoxy groups -OCH3 is 3. The molecule has 1 atom stereocenters. The van der Waals surface area contributed by atoms with Crippen molar-refractivity contribution in [3.8, 4) is 17.2 Å². The standard InChI is InChI=1S/C20H35N3O3.HI/c1-7-9-10-11-15(3)23-20(21-8-2)22-14-16-12-17(24-4)19(26-6)18(13-16)25-5;/h12-13,15H,7-11,14H2,1-6H3,(H2,21,22,23);1H. The molecule has 0 bridgehead atoms. The molecule has 0 aliphatic carbocycles. The summed E-state index contributed by atoms with van der Waals surface area (Å²) in [6.07, 6.45) is 4.88. The number of nitrogens with one attached hydrogen (secondary N) is 2. The first kappa shape index (κ1) is 25.6. The fraction of sp³-hybridized carbons (Fsp3) is 0.650. The molecule has 7 heteroatoms. The van der Waals surface area contributed by atoms with Gasteiger partial charge in [-0.15, -0.1) is 24.0 Å². The Labute approximate surface area is 181 Å². The van der Waals surface area contributed by atoms with E-state index in [0.717, 1.165) is 24.5 Å². The van der Waals surface area contributed by atoms with Crippen LogP contribution >= 0.6 is 24.0 Å². The lowest BCUT2D eigenvalue weighted by Crippen LogP contribution is -2.42. The third-order valence-corrected chi connectivity index (χ3v) is 4.11. The first-order chi connectivity index (χ1) is 12.6. The van der Waals surface area contributed by atoms with Crippen LogP contribution in [0.25, 0.3) is 0 Å². The second-order valence-electron chi connectivity index (χ2n) is 6.27. The largest absolute Gasteiger partial charge is 0.493 e. The van der Waals surface area contributed by atoms with Crippen molar-refractivity contribution in [2.45, 2.75) is 59.0 Å². The molecule has 6 nitrogen and oxygen atoms in total. The predicted octanol–water partition coefficient (Wildman–Crippen LogP) is 4.35. The van der Waals surface area contributed by atoms with Gasteiger partial charge in [0.05, 0.1) is 27.9 Å². The predicted molar refractivity (Wildman–Crippen MR) is 123 cm³/mol. The van der Waals surface area contributed by atoms with Crippen LogP contribution in [0.1, 0.15) is 52.0 Å². The zero-order valence-electron chi connectivity index (χ0n) is 17.6. The Morgan fingerprint density at radius 1 is 1.04 bits per heavy atom. The molecule has 0 heterocycles. The average Bonchev–Trinajstić information content (AvgIpc) is 2.65. The third kappa shape index (κ3) is 8.90. The molecule has 2 N–H and O–H groups in total. The fourth-order valence-electron chi connectivity index (χ4n) is 2.72. The molecule has 0 aliphatic heterocycles. The lowest BCUT2D eigenvalue weighted by molar-refractivity contribution is 0.324. The molecule has 0 saturated heterocycles. The van der Waals surface area contributed by atoms with Gasteiger partial charge >= 0.3 is 0 Å². The van der Waals surface area contributed by atoms with E-state index in [0.29, 0.717) is 29.8 Å². The molecular formula is C20H36IN3O3. The van der Waals surface area contributed by atoms with Crippen LogP contribution < -0.4 is 24.8 Å². The zero-order chi connectivity index (χ0) is 19.4. The molecule has 0 saturated carbocycles. The molecule has 1 unspecified atom stereocenters. The molecular weight excluding hydrogens is 457 g/mol. The molecule has 1 rings (SSSR count). The van der Waals surface area contributed by atoms with Gasteiger partial charge in [0.15, 0.2) is 17.5 Å². The van der Waals surface area contributed by atoms with Crippen molar-refractivity contribution in [3.05, 3.63) is 17.7 Å². The summed E-state index contributed by atoms with van der Waals surface area (Å²) in [6.45, 7) is 7.83. The summed E-state index contributed by atoms with van der Waals surface area (Å²) in [7, 11) is 4.84. The molecule has 0 aromatic heterocycles. The zero-order valence-corrected chi connectivity index (χ0v) is 19.9. The maximum absolute atomic E-state index is 5.41. The summed E-state index contributed by atoms with van der Waals surface area (Å²) in [5, 5.41) is 6.78. The number of ether oxygens (including phenoxy) is 3. The normalized spacial score (nSPS) is 12.0. The minimum Gasteiger partial charge on any atom is -0.493 e. The minimum absolute atomic E-state index is 0. The number of benzene rings is 1. The maximum Gasteiger partial charge on any atom is 0.203 e. The molecule has 0 amide bonds. The van der Waals surface area contributed by atoms with E-state index < -0.39 is 0 Å². The van der Waals surface area contributed by atoms with Gasteiger partial charge in [-0.25, -0.2) is 4.99 Å². The number of unbranched alkanes of at least 4 members (excludes halogenated alkanes) is 2. The van der Waals surface area contributed by atoms with Gasteiger partial charge in [-0.2, -0.15) is 0 Å². The van der Waals surface area contributed by atoms with Crippen LogP contribution in [0.4, 0.5) is 0 Å².